The van der Waals surface area contributed by atoms with Gasteiger partial charge in [0.2, 0.25) is 11.9 Å². The van der Waals surface area contributed by atoms with Crippen LogP contribution in [0.5, 0.6) is 11.8 Å². The number of benzene rings is 1. The summed E-state index contributed by atoms with van der Waals surface area (Å²) in [5, 5.41) is -0.0487. The van der Waals surface area contributed by atoms with Crippen LogP contribution in [0, 0.1) is 5.82 Å². The lowest BCUT2D eigenvalue weighted by Crippen LogP contribution is -2.15. The van der Waals surface area contributed by atoms with E-state index in [0.717, 1.165) is 0 Å². The normalized spacial score (nSPS) is 10.3. The quantitative estimate of drug-likeness (QED) is 0.929. The number of aromatic nitrogens is 3. The molecule has 0 saturated heterocycles. The number of nitrogen functional groups attached to an aromatic ring is 1. The van der Waals surface area contributed by atoms with Crippen molar-refractivity contribution in [1.29, 1.82) is 0 Å². The molecule has 2 rings (SSSR count). The van der Waals surface area contributed by atoms with Crippen molar-refractivity contribution in [2.45, 2.75) is 0 Å². The lowest BCUT2D eigenvalue weighted by Gasteiger charge is -2.11. The van der Waals surface area contributed by atoms with Crippen LogP contribution in [0.25, 0.3) is 0 Å². The number of halogens is 2. The number of rotatable bonds is 3. The van der Waals surface area contributed by atoms with Crippen LogP contribution in [0.4, 0.5) is 16.3 Å². The van der Waals surface area contributed by atoms with Gasteiger partial charge < -0.3 is 15.4 Å². The van der Waals surface area contributed by atoms with Crippen molar-refractivity contribution in [3.63, 3.8) is 0 Å². The van der Waals surface area contributed by atoms with Gasteiger partial charge in [-0.3, -0.25) is 0 Å². The van der Waals surface area contributed by atoms with E-state index in [0.29, 0.717) is 11.7 Å². The first-order valence-electron chi connectivity index (χ1n) is 5.27. The van der Waals surface area contributed by atoms with Gasteiger partial charge in [-0.05, 0) is 12.1 Å². The molecular formula is C11H11ClFN5O. The summed E-state index contributed by atoms with van der Waals surface area (Å²) in [6.07, 6.45) is 0. The molecule has 0 aliphatic heterocycles. The van der Waals surface area contributed by atoms with Crippen LogP contribution in [-0.4, -0.2) is 29.0 Å². The molecule has 0 aliphatic carbocycles. The number of nitrogens with two attached hydrogens (primary N) is 1. The van der Waals surface area contributed by atoms with Crippen LogP contribution < -0.4 is 15.4 Å². The second kappa shape index (κ2) is 5.23. The molecule has 6 nitrogen and oxygen atoms in total. The lowest BCUT2D eigenvalue weighted by atomic mass is 10.3. The Bertz CT molecular complexity index is 608. The zero-order chi connectivity index (χ0) is 14.0. The second-order valence-corrected chi connectivity index (χ2v) is 4.26. The maximum absolute atomic E-state index is 13.0. The van der Waals surface area contributed by atoms with Crippen molar-refractivity contribution in [2.75, 3.05) is 24.7 Å². The molecular weight excluding hydrogens is 273 g/mol. The van der Waals surface area contributed by atoms with Crippen LogP contribution >= 0.6 is 11.6 Å². The first-order chi connectivity index (χ1) is 8.95. The van der Waals surface area contributed by atoms with E-state index in [9.17, 15) is 4.39 Å². The van der Waals surface area contributed by atoms with E-state index in [2.05, 4.69) is 15.0 Å². The molecule has 0 unspecified atom stereocenters. The van der Waals surface area contributed by atoms with Crippen LogP contribution in [-0.2, 0) is 0 Å². The molecule has 0 fully saturated rings. The van der Waals surface area contributed by atoms with Gasteiger partial charge in [0.25, 0.3) is 0 Å². The fraction of sp³-hybridized carbons (Fsp3) is 0.182. The minimum absolute atomic E-state index is 0.0128. The standard InChI is InChI=1S/C11H11ClFN5O/c1-18(2)10-15-9(14)16-11(17-10)19-6-3-4-8(13)7(12)5-6/h3-5H,1-2H3,(H2,14,15,16,17). The maximum Gasteiger partial charge on any atom is 0.328 e. The summed E-state index contributed by atoms with van der Waals surface area (Å²) in [6, 6.07) is 3.94. The molecule has 1 aromatic heterocycles. The van der Waals surface area contributed by atoms with Crippen molar-refractivity contribution in [3.05, 3.63) is 29.0 Å². The van der Waals surface area contributed by atoms with E-state index in [1.807, 2.05) is 0 Å². The van der Waals surface area contributed by atoms with Crippen LogP contribution in [0.2, 0.25) is 5.02 Å². The molecule has 1 heterocycles. The fourth-order valence-corrected chi connectivity index (χ4v) is 1.42. The summed E-state index contributed by atoms with van der Waals surface area (Å²) in [5.41, 5.74) is 5.55. The van der Waals surface area contributed by atoms with Gasteiger partial charge in [0.05, 0.1) is 5.02 Å². The Hall–Kier alpha value is -2.15. The minimum Gasteiger partial charge on any atom is -0.424 e. The Labute approximate surface area is 114 Å². The monoisotopic (exact) mass is 283 g/mol. The number of anilines is 2. The van der Waals surface area contributed by atoms with E-state index in [1.165, 1.54) is 18.2 Å². The fourth-order valence-electron chi connectivity index (χ4n) is 1.25. The molecule has 2 aromatic rings. The minimum atomic E-state index is -0.529. The number of nitrogens with zero attached hydrogens (tertiary/aromatic N) is 4. The summed E-state index contributed by atoms with van der Waals surface area (Å²) in [6.45, 7) is 0. The Morgan fingerprint density at radius 2 is 2.00 bits per heavy atom. The van der Waals surface area contributed by atoms with Gasteiger partial charge in [0.15, 0.2) is 0 Å². The lowest BCUT2D eigenvalue weighted by molar-refractivity contribution is 0.439. The average Bonchev–Trinajstić information content (AvgIpc) is 2.33. The van der Waals surface area contributed by atoms with Crippen molar-refractivity contribution in [3.8, 4) is 11.8 Å². The third-order valence-corrected chi connectivity index (χ3v) is 2.41. The third kappa shape index (κ3) is 3.19. The maximum atomic E-state index is 13.0. The van der Waals surface area contributed by atoms with Gasteiger partial charge in [0.1, 0.15) is 11.6 Å². The molecule has 0 amide bonds. The predicted molar refractivity (Wildman–Crippen MR) is 70.1 cm³/mol. The van der Waals surface area contributed by atoms with E-state index < -0.39 is 5.82 Å². The summed E-state index contributed by atoms with van der Waals surface area (Å²) >= 11 is 5.65. The summed E-state index contributed by atoms with van der Waals surface area (Å²) in [4.78, 5) is 13.5. The van der Waals surface area contributed by atoms with Crippen molar-refractivity contribution >= 4 is 23.5 Å². The van der Waals surface area contributed by atoms with Crippen molar-refractivity contribution < 1.29 is 9.13 Å². The van der Waals surface area contributed by atoms with Gasteiger partial charge >= 0.3 is 6.01 Å². The number of hydrogen-bond donors (Lipinski definition) is 1. The summed E-state index contributed by atoms with van der Waals surface area (Å²) in [7, 11) is 3.51. The highest BCUT2D eigenvalue weighted by Gasteiger charge is 2.09. The molecule has 0 atom stereocenters. The smallest absolute Gasteiger partial charge is 0.328 e. The molecule has 0 spiro atoms. The highest BCUT2D eigenvalue weighted by atomic mass is 35.5. The van der Waals surface area contributed by atoms with Gasteiger partial charge in [-0.15, -0.1) is 0 Å². The van der Waals surface area contributed by atoms with Crippen LogP contribution in [0.1, 0.15) is 0 Å². The molecule has 0 aliphatic rings. The van der Waals surface area contributed by atoms with Crippen LogP contribution in [0.3, 0.4) is 0 Å². The first kappa shape index (κ1) is 13.3. The zero-order valence-electron chi connectivity index (χ0n) is 10.3. The Morgan fingerprint density at radius 3 is 2.63 bits per heavy atom. The summed E-state index contributed by atoms with van der Waals surface area (Å²) < 4.78 is 18.4. The van der Waals surface area contributed by atoms with E-state index in [1.54, 1.807) is 19.0 Å². The molecule has 19 heavy (non-hydrogen) atoms. The first-order valence-corrected chi connectivity index (χ1v) is 5.65. The third-order valence-electron chi connectivity index (χ3n) is 2.12. The Balaban J connectivity index is 2.29. The molecule has 2 N–H and O–H groups in total. The highest BCUT2D eigenvalue weighted by molar-refractivity contribution is 6.30. The largest absolute Gasteiger partial charge is 0.424 e. The molecule has 100 valence electrons. The van der Waals surface area contributed by atoms with Gasteiger partial charge in [-0.2, -0.15) is 15.0 Å². The number of hydrogen-bond acceptors (Lipinski definition) is 6. The van der Waals surface area contributed by atoms with Gasteiger partial charge in [-0.25, -0.2) is 4.39 Å². The second-order valence-electron chi connectivity index (χ2n) is 3.85. The molecule has 0 bridgehead atoms. The Kier molecular flexibility index (Phi) is 3.66. The predicted octanol–water partition coefficient (Wildman–Crippen LogP) is 2.10. The van der Waals surface area contributed by atoms with Crippen molar-refractivity contribution in [2.24, 2.45) is 0 Å². The highest BCUT2D eigenvalue weighted by Crippen LogP contribution is 2.25. The van der Waals surface area contributed by atoms with E-state index in [4.69, 9.17) is 22.1 Å². The average molecular weight is 284 g/mol. The van der Waals surface area contributed by atoms with E-state index in [-0.39, 0.29) is 17.0 Å². The topological polar surface area (TPSA) is 77.2 Å². The molecule has 1 aromatic carbocycles. The van der Waals surface area contributed by atoms with Crippen LogP contribution in [0.15, 0.2) is 18.2 Å². The molecule has 0 saturated carbocycles. The molecule has 8 heteroatoms. The van der Waals surface area contributed by atoms with Crippen molar-refractivity contribution in [1.82, 2.24) is 15.0 Å². The number of ether oxygens (including phenoxy) is 1. The zero-order valence-corrected chi connectivity index (χ0v) is 11.0. The SMILES string of the molecule is CN(C)c1nc(N)nc(Oc2ccc(F)c(Cl)c2)n1. The van der Waals surface area contributed by atoms with E-state index >= 15 is 0 Å². The Morgan fingerprint density at radius 1 is 1.26 bits per heavy atom. The molecule has 0 radical (unpaired) electrons. The van der Waals surface area contributed by atoms with Gasteiger partial charge in [-0.1, -0.05) is 11.6 Å². The summed E-state index contributed by atoms with van der Waals surface area (Å²) in [5.74, 6) is 0.164. The van der Waals surface area contributed by atoms with Gasteiger partial charge in [0, 0.05) is 20.2 Å².